The molecule has 114 valence electrons. The smallest absolute Gasteiger partial charge is 0.257 e. The van der Waals surface area contributed by atoms with Gasteiger partial charge in [0.1, 0.15) is 11.5 Å². The first-order valence-electron chi connectivity index (χ1n) is 7.28. The quantitative estimate of drug-likeness (QED) is 0.931. The van der Waals surface area contributed by atoms with Gasteiger partial charge in [-0.15, -0.1) is 0 Å². The number of halogens is 1. The summed E-state index contributed by atoms with van der Waals surface area (Å²) in [5.74, 6) is -0.254. The van der Waals surface area contributed by atoms with E-state index >= 15 is 0 Å². The number of likely N-dealkylation sites (tertiary alicyclic amines) is 1. The summed E-state index contributed by atoms with van der Waals surface area (Å²) in [4.78, 5) is 25.9. The molecule has 0 radical (unpaired) electrons. The molecule has 1 saturated heterocycles. The molecule has 21 heavy (non-hydrogen) atoms. The van der Waals surface area contributed by atoms with Crippen LogP contribution in [0.15, 0.2) is 18.2 Å². The van der Waals surface area contributed by atoms with Gasteiger partial charge in [-0.2, -0.15) is 0 Å². The summed E-state index contributed by atoms with van der Waals surface area (Å²) in [5.41, 5.74) is 0.245. The van der Waals surface area contributed by atoms with Gasteiger partial charge in [0.25, 0.3) is 5.91 Å². The molecule has 1 fully saturated rings. The van der Waals surface area contributed by atoms with E-state index in [1.165, 1.54) is 12.1 Å². The van der Waals surface area contributed by atoms with Crippen LogP contribution >= 0.6 is 11.6 Å². The third-order valence-electron chi connectivity index (χ3n) is 3.85. The summed E-state index contributed by atoms with van der Waals surface area (Å²) in [7, 11) is 0. The third-order valence-corrected chi connectivity index (χ3v) is 4.09. The Morgan fingerprint density at radius 2 is 2.10 bits per heavy atom. The van der Waals surface area contributed by atoms with E-state index in [9.17, 15) is 14.7 Å². The highest BCUT2D eigenvalue weighted by molar-refractivity contribution is 6.30. The van der Waals surface area contributed by atoms with Crippen molar-refractivity contribution in [1.82, 2.24) is 4.90 Å². The van der Waals surface area contributed by atoms with Crippen molar-refractivity contribution in [2.24, 2.45) is 0 Å². The molecule has 2 rings (SSSR count). The number of nitrogens with zero attached hydrogens (tertiary/aromatic N) is 1. The first kappa shape index (κ1) is 15.8. The Hall–Kier alpha value is -1.55. The molecule has 0 saturated carbocycles. The fourth-order valence-corrected chi connectivity index (χ4v) is 3.00. The predicted molar refractivity (Wildman–Crippen MR) is 81.7 cm³/mol. The van der Waals surface area contributed by atoms with Crippen molar-refractivity contribution in [2.75, 3.05) is 6.54 Å². The summed E-state index contributed by atoms with van der Waals surface area (Å²) < 4.78 is 0. The Kier molecular flexibility index (Phi) is 5.23. The zero-order valence-electron chi connectivity index (χ0n) is 12.1. The number of phenolic OH excluding ortho intramolecular Hbond substituents is 1. The lowest BCUT2D eigenvalue weighted by Gasteiger charge is -2.29. The van der Waals surface area contributed by atoms with Crippen LogP contribution in [0.5, 0.6) is 5.75 Å². The highest BCUT2D eigenvalue weighted by atomic mass is 35.5. The second kappa shape index (κ2) is 6.94. The molecule has 1 aromatic rings. The number of amides is 1. The van der Waals surface area contributed by atoms with E-state index < -0.39 is 0 Å². The molecule has 4 nitrogen and oxygen atoms in total. The molecule has 0 spiro atoms. The molecule has 1 atom stereocenters. The fraction of sp³-hybridized carbons (Fsp3) is 0.500. The maximum absolute atomic E-state index is 12.7. The monoisotopic (exact) mass is 309 g/mol. The molecular weight excluding hydrogens is 290 g/mol. The van der Waals surface area contributed by atoms with Gasteiger partial charge >= 0.3 is 0 Å². The fourth-order valence-electron chi connectivity index (χ4n) is 2.83. The van der Waals surface area contributed by atoms with Crippen LogP contribution in [-0.4, -0.2) is 34.3 Å². The van der Waals surface area contributed by atoms with Crippen LogP contribution in [0.4, 0.5) is 0 Å². The molecule has 0 bridgehead atoms. The second-order valence-corrected chi connectivity index (χ2v) is 6.01. The zero-order chi connectivity index (χ0) is 15.4. The molecule has 0 aromatic heterocycles. The van der Waals surface area contributed by atoms with Crippen LogP contribution in [0, 0.1) is 0 Å². The maximum atomic E-state index is 12.7. The lowest BCUT2D eigenvalue weighted by atomic mass is 10.0. The number of carbonyl (C=O) groups is 2. The van der Waals surface area contributed by atoms with Crippen molar-refractivity contribution in [2.45, 2.75) is 45.1 Å². The van der Waals surface area contributed by atoms with Crippen LogP contribution in [0.2, 0.25) is 5.02 Å². The molecular formula is C16H20ClNO3. The van der Waals surface area contributed by atoms with Crippen LogP contribution in [0.25, 0.3) is 0 Å². The first-order valence-corrected chi connectivity index (χ1v) is 7.65. The Balaban J connectivity index is 2.26. The minimum absolute atomic E-state index is 0.0763. The summed E-state index contributed by atoms with van der Waals surface area (Å²) in [6.07, 6.45) is 4.22. The van der Waals surface area contributed by atoms with Gasteiger partial charge < -0.3 is 10.0 Å². The van der Waals surface area contributed by atoms with E-state index in [0.717, 1.165) is 25.7 Å². The summed E-state index contributed by atoms with van der Waals surface area (Å²) in [6, 6.07) is 4.42. The molecule has 1 aromatic carbocycles. The van der Waals surface area contributed by atoms with E-state index in [-0.39, 0.29) is 29.0 Å². The Morgan fingerprint density at radius 1 is 1.33 bits per heavy atom. The SMILES string of the molecule is CC(=O)CC1CCCCCN1C(=O)c1ccc(Cl)cc1O. The second-order valence-electron chi connectivity index (χ2n) is 5.57. The van der Waals surface area contributed by atoms with Crippen LogP contribution in [-0.2, 0) is 4.79 Å². The summed E-state index contributed by atoms with van der Waals surface area (Å²) >= 11 is 5.80. The van der Waals surface area contributed by atoms with Gasteiger partial charge in [-0.3, -0.25) is 9.59 Å². The van der Waals surface area contributed by atoms with E-state index in [1.54, 1.807) is 17.9 Å². The number of benzene rings is 1. The van der Waals surface area contributed by atoms with Gasteiger partial charge in [0, 0.05) is 24.0 Å². The largest absolute Gasteiger partial charge is 0.507 e. The molecule has 0 aliphatic carbocycles. The van der Waals surface area contributed by atoms with Gasteiger partial charge in [0.15, 0.2) is 0 Å². The normalized spacial score (nSPS) is 19.1. The predicted octanol–water partition coefficient (Wildman–Crippen LogP) is 3.41. The maximum Gasteiger partial charge on any atom is 0.257 e. The van der Waals surface area contributed by atoms with Crippen molar-refractivity contribution >= 4 is 23.3 Å². The minimum atomic E-state index is -0.225. The average Bonchev–Trinajstić information content (AvgIpc) is 2.63. The number of Topliss-reactive ketones (excluding diaryl/α,β-unsaturated/α-hetero) is 1. The highest BCUT2D eigenvalue weighted by Crippen LogP contribution is 2.27. The van der Waals surface area contributed by atoms with Crippen LogP contribution in [0.3, 0.4) is 0 Å². The number of hydrogen-bond acceptors (Lipinski definition) is 3. The third kappa shape index (κ3) is 3.97. The van der Waals surface area contributed by atoms with Gasteiger partial charge in [-0.1, -0.05) is 24.4 Å². The lowest BCUT2D eigenvalue weighted by Crippen LogP contribution is -2.41. The molecule has 5 heteroatoms. The average molecular weight is 310 g/mol. The molecule has 1 aliphatic rings. The van der Waals surface area contributed by atoms with E-state index in [0.29, 0.717) is 18.0 Å². The van der Waals surface area contributed by atoms with Gasteiger partial charge in [-0.05, 0) is 38.0 Å². The van der Waals surface area contributed by atoms with Crippen LogP contribution in [0.1, 0.15) is 49.4 Å². The molecule has 1 amide bonds. The molecule has 1 aliphatic heterocycles. The van der Waals surface area contributed by atoms with Crippen molar-refractivity contribution < 1.29 is 14.7 Å². The summed E-state index contributed by atoms with van der Waals surface area (Å²) in [6.45, 7) is 2.17. The number of phenols is 1. The van der Waals surface area contributed by atoms with E-state index in [1.807, 2.05) is 0 Å². The molecule has 1 N–H and O–H groups in total. The van der Waals surface area contributed by atoms with Crippen molar-refractivity contribution in [3.8, 4) is 5.75 Å². The number of rotatable bonds is 3. The molecule has 1 heterocycles. The van der Waals surface area contributed by atoms with Crippen molar-refractivity contribution in [1.29, 1.82) is 0 Å². The number of ketones is 1. The number of hydrogen-bond donors (Lipinski definition) is 1. The Bertz CT molecular complexity index is 544. The molecule has 1 unspecified atom stereocenters. The highest BCUT2D eigenvalue weighted by Gasteiger charge is 2.28. The van der Waals surface area contributed by atoms with Crippen LogP contribution < -0.4 is 0 Å². The summed E-state index contributed by atoms with van der Waals surface area (Å²) in [5, 5.41) is 10.3. The lowest BCUT2D eigenvalue weighted by molar-refractivity contribution is -0.118. The van der Waals surface area contributed by atoms with Crippen molar-refractivity contribution in [3.05, 3.63) is 28.8 Å². The minimum Gasteiger partial charge on any atom is -0.507 e. The number of carbonyl (C=O) groups excluding carboxylic acids is 2. The van der Waals surface area contributed by atoms with Gasteiger partial charge in [0.2, 0.25) is 0 Å². The zero-order valence-corrected chi connectivity index (χ0v) is 12.9. The Morgan fingerprint density at radius 3 is 2.76 bits per heavy atom. The first-order chi connectivity index (χ1) is 9.99. The standard InChI is InChI=1S/C16H20ClNO3/c1-11(19)9-13-5-3-2-4-8-18(13)16(21)14-7-6-12(17)10-15(14)20/h6-7,10,13,20H,2-5,8-9H2,1H3. The van der Waals surface area contributed by atoms with Crippen molar-refractivity contribution in [3.63, 3.8) is 0 Å². The van der Waals surface area contributed by atoms with Gasteiger partial charge in [-0.25, -0.2) is 0 Å². The van der Waals surface area contributed by atoms with E-state index in [2.05, 4.69) is 0 Å². The van der Waals surface area contributed by atoms with E-state index in [4.69, 9.17) is 11.6 Å². The number of aromatic hydroxyl groups is 1. The Labute approximate surface area is 129 Å². The van der Waals surface area contributed by atoms with Gasteiger partial charge in [0.05, 0.1) is 5.56 Å². The topological polar surface area (TPSA) is 57.6 Å².